The van der Waals surface area contributed by atoms with E-state index >= 15 is 0 Å². The normalized spacial score (nSPS) is 15.8. The third-order valence-corrected chi connectivity index (χ3v) is 5.00. The van der Waals surface area contributed by atoms with Gasteiger partial charge in [0.05, 0.1) is 0 Å². The van der Waals surface area contributed by atoms with Gasteiger partial charge in [0.1, 0.15) is 0 Å². The van der Waals surface area contributed by atoms with Gasteiger partial charge in [-0.3, -0.25) is 4.79 Å². The summed E-state index contributed by atoms with van der Waals surface area (Å²) in [4.78, 5) is 26.0. The summed E-state index contributed by atoms with van der Waals surface area (Å²) in [6, 6.07) is 10.4. The number of urea groups is 1. The number of rotatable bonds is 8. The molecule has 0 saturated heterocycles. The zero-order valence-corrected chi connectivity index (χ0v) is 16.0. The average Bonchev–Trinajstić information content (AvgIpc) is 2.67. The maximum absolute atomic E-state index is 12.0. The lowest BCUT2D eigenvalue weighted by Crippen LogP contribution is -2.44. The number of benzene rings is 1. The molecule has 1 aromatic carbocycles. The number of hydrogen-bond acceptors (Lipinski definition) is 3. The summed E-state index contributed by atoms with van der Waals surface area (Å²) in [6.45, 7) is 2.99. The maximum atomic E-state index is 12.0. The fraction of sp³-hybridized carbons (Fsp3) is 0.600. The first kappa shape index (κ1) is 20.1. The molecule has 1 aliphatic carbocycles. The highest BCUT2D eigenvalue weighted by atomic mass is 16.2. The average molecular weight is 361 g/mol. The molecule has 1 aliphatic rings. The van der Waals surface area contributed by atoms with E-state index in [1.165, 1.54) is 19.3 Å². The molecule has 6 nitrogen and oxygen atoms in total. The summed E-state index contributed by atoms with van der Waals surface area (Å²) in [7, 11) is 2.02. The van der Waals surface area contributed by atoms with Crippen LogP contribution in [0.5, 0.6) is 0 Å². The largest absolute Gasteiger partial charge is 0.370 e. The molecule has 0 spiro atoms. The van der Waals surface area contributed by atoms with Gasteiger partial charge in [0.15, 0.2) is 0 Å². The predicted octanol–water partition coefficient (Wildman–Crippen LogP) is 2.65. The minimum absolute atomic E-state index is 0.0451. The predicted molar refractivity (Wildman–Crippen MR) is 105 cm³/mol. The minimum Gasteiger partial charge on any atom is -0.370 e. The Labute approximate surface area is 156 Å². The van der Waals surface area contributed by atoms with Crippen LogP contribution in [0, 0.1) is 0 Å². The first-order valence-corrected chi connectivity index (χ1v) is 9.65. The number of nitrogens with one attached hydrogen (secondary N) is 3. The summed E-state index contributed by atoms with van der Waals surface area (Å²) < 4.78 is 0. The van der Waals surface area contributed by atoms with Gasteiger partial charge in [-0.05, 0) is 31.9 Å². The van der Waals surface area contributed by atoms with Crippen LogP contribution in [0.25, 0.3) is 0 Å². The Morgan fingerprint density at radius 1 is 1.12 bits per heavy atom. The second-order valence-corrected chi connectivity index (χ2v) is 7.08. The van der Waals surface area contributed by atoms with Crippen molar-refractivity contribution in [2.45, 2.75) is 57.5 Å². The van der Waals surface area contributed by atoms with Crippen molar-refractivity contribution in [3.63, 3.8) is 0 Å². The van der Waals surface area contributed by atoms with Crippen LogP contribution in [-0.2, 0) is 4.79 Å². The molecule has 0 unspecified atom stereocenters. The van der Waals surface area contributed by atoms with E-state index in [2.05, 4.69) is 27.8 Å². The molecular weight excluding hydrogens is 328 g/mol. The van der Waals surface area contributed by atoms with Gasteiger partial charge < -0.3 is 20.9 Å². The van der Waals surface area contributed by atoms with Gasteiger partial charge >= 0.3 is 6.03 Å². The van der Waals surface area contributed by atoms with Crippen LogP contribution < -0.4 is 20.9 Å². The quantitative estimate of drug-likeness (QED) is 0.667. The van der Waals surface area contributed by atoms with Crippen LogP contribution >= 0.6 is 0 Å². The Kier molecular flexibility index (Phi) is 8.25. The van der Waals surface area contributed by atoms with Gasteiger partial charge in [-0.25, -0.2) is 4.79 Å². The second kappa shape index (κ2) is 10.7. The SMILES string of the molecule is C[C@@H](CNC(=O)CCNC(=O)NC1CCCCC1)N(C)c1ccccc1. The summed E-state index contributed by atoms with van der Waals surface area (Å²) in [5.41, 5.74) is 1.12. The molecule has 3 N–H and O–H groups in total. The highest BCUT2D eigenvalue weighted by Crippen LogP contribution is 2.17. The lowest BCUT2D eigenvalue weighted by atomic mass is 9.96. The van der Waals surface area contributed by atoms with Gasteiger partial charge in [0.2, 0.25) is 5.91 Å². The van der Waals surface area contributed by atoms with E-state index in [0.29, 0.717) is 19.5 Å². The molecular formula is C20H32N4O2. The Bertz CT molecular complexity index is 558. The summed E-state index contributed by atoms with van der Waals surface area (Å²) in [5, 5.41) is 8.70. The Morgan fingerprint density at radius 3 is 2.50 bits per heavy atom. The van der Waals surface area contributed by atoms with Crippen molar-refractivity contribution in [2.75, 3.05) is 25.0 Å². The number of amides is 3. The van der Waals surface area contributed by atoms with Gasteiger partial charge in [-0.1, -0.05) is 37.5 Å². The third-order valence-electron chi connectivity index (χ3n) is 5.00. The number of anilines is 1. The minimum atomic E-state index is -0.165. The molecule has 144 valence electrons. The van der Waals surface area contributed by atoms with Crippen molar-refractivity contribution in [3.8, 4) is 0 Å². The van der Waals surface area contributed by atoms with Crippen LogP contribution in [0.4, 0.5) is 10.5 Å². The van der Waals surface area contributed by atoms with Gasteiger partial charge in [-0.2, -0.15) is 0 Å². The molecule has 1 fully saturated rings. The van der Waals surface area contributed by atoms with Gasteiger partial charge in [0.25, 0.3) is 0 Å². The van der Waals surface area contributed by atoms with Crippen molar-refractivity contribution in [2.24, 2.45) is 0 Å². The first-order chi connectivity index (χ1) is 12.6. The number of nitrogens with zero attached hydrogens (tertiary/aromatic N) is 1. The number of para-hydroxylation sites is 1. The van der Waals surface area contributed by atoms with Crippen molar-refractivity contribution < 1.29 is 9.59 Å². The van der Waals surface area contributed by atoms with Crippen molar-refractivity contribution in [3.05, 3.63) is 30.3 Å². The number of likely N-dealkylation sites (N-methyl/N-ethyl adjacent to an activating group) is 1. The zero-order valence-electron chi connectivity index (χ0n) is 16.0. The molecule has 0 heterocycles. The van der Waals surface area contributed by atoms with Crippen LogP contribution in [0.2, 0.25) is 0 Å². The molecule has 0 bridgehead atoms. The lowest BCUT2D eigenvalue weighted by Gasteiger charge is -2.27. The maximum Gasteiger partial charge on any atom is 0.315 e. The summed E-state index contributed by atoms with van der Waals surface area (Å²) in [5.74, 6) is -0.0451. The van der Waals surface area contributed by atoms with E-state index in [1.807, 2.05) is 37.4 Å². The molecule has 0 aliphatic heterocycles. The van der Waals surface area contributed by atoms with E-state index in [1.54, 1.807) is 0 Å². The van der Waals surface area contributed by atoms with Crippen LogP contribution in [-0.4, -0.2) is 44.2 Å². The van der Waals surface area contributed by atoms with Gasteiger partial charge in [0, 0.05) is 44.3 Å². The van der Waals surface area contributed by atoms with E-state index in [-0.39, 0.29) is 24.0 Å². The second-order valence-electron chi connectivity index (χ2n) is 7.08. The number of carbonyl (C=O) groups excluding carboxylic acids is 2. The smallest absolute Gasteiger partial charge is 0.315 e. The van der Waals surface area contributed by atoms with Crippen LogP contribution in [0.15, 0.2) is 30.3 Å². The van der Waals surface area contributed by atoms with E-state index < -0.39 is 0 Å². The molecule has 1 saturated carbocycles. The lowest BCUT2D eigenvalue weighted by molar-refractivity contribution is -0.121. The van der Waals surface area contributed by atoms with Crippen molar-refractivity contribution in [1.82, 2.24) is 16.0 Å². The Morgan fingerprint density at radius 2 is 1.81 bits per heavy atom. The Balaban J connectivity index is 1.58. The van der Waals surface area contributed by atoms with Crippen molar-refractivity contribution in [1.29, 1.82) is 0 Å². The molecule has 0 radical (unpaired) electrons. The molecule has 6 heteroatoms. The van der Waals surface area contributed by atoms with Gasteiger partial charge in [-0.15, -0.1) is 0 Å². The fourth-order valence-electron chi connectivity index (χ4n) is 3.18. The fourth-order valence-corrected chi connectivity index (χ4v) is 3.18. The summed E-state index contributed by atoms with van der Waals surface area (Å²) in [6.07, 6.45) is 6.03. The molecule has 3 amide bonds. The van der Waals surface area contributed by atoms with Crippen molar-refractivity contribution >= 4 is 17.6 Å². The van der Waals surface area contributed by atoms with Crippen LogP contribution in [0.1, 0.15) is 45.4 Å². The van der Waals surface area contributed by atoms with E-state index in [4.69, 9.17) is 0 Å². The first-order valence-electron chi connectivity index (χ1n) is 9.65. The van der Waals surface area contributed by atoms with E-state index in [9.17, 15) is 9.59 Å². The topological polar surface area (TPSA) is 73.5 Å². The summed E-state index contributed by atoms with van der Waals surface area (Å²) >= 11 is 0. The Hall–Kier alpha value is -2.24. The molecule has 1 atom stereocenters. The zero-order chi connectivity index (χ0) is 18.8. The van der Waals surface area contributed by atoms with E-state index in [0.717, 1.165) is 18.5 Å². The number of hydrogen-bond donors (Lipinski definition) is 3. The third kappa shape index (κ3) is 6.94. The molecule has 26 heavy (non-hydrogen) atoms. The highest BCUT2D eigenvalue weighted by molar-refractivity contribution is 5.78. The monoisotopic (exact) mass is 360 g/mol. The highest BCUT2D eigenvalue weighted by Gasteiger charge is 2.15. The standard InChI is InChI=1S/C20H32N4O2/c1-16(24(2)18-11-7-4-8-12-18)15-22-19(25)13-14-21-20(26)23-17-9-5-3-6-10-17/h4,7-8,11-12,16-17H,3,5-6,9-10,13-15H2,1-2H3,(H,22,25)(H2,21,23,26)/t16-/m0/s1. The molecule has 0 aromatic heterocycles. The van der Waals surface area contributed by atoms with Crippen LogP contribution in [0.3, 0.4) is 0 Å². The molecule has 1 aromatic rings. The molecule has 2 rings (SSSR count). The number of carbonyl (C=O) groups is 2.